The van der Waals surface area contributed by atoms with Gasteiger partial charge >= 0.3 is 0 Å². The van der Waals surface area contributed by atoms with E-state index in [1.807, 2.05) is 75.4 Å². The number of hydrogen-bond donors (Lipinski definition) is 1. The number of aryl methyl sites for hydroxylation is 1. The molecule has 0 fully saturated rings. The summed E-state index contributed by atoms with van der Waals surface area (Å²) >= 11 is 0. The van der Waals surface area contributed by atoms with Crippen molar-refractivity contribution in [1.82, 2.24) is 10.2 Å². The van der Waals surface area contributed by atoms with Crippen LogP contribution in [-0.4, -0.2) is 50.9 Å². The number of hydrogen-bond acceptors (Lipinski definition) is 5. The average Bonchev–Trinajstić information content (AvgIpc) is 3.06. The molecule has 0 aliphatic carbocycles. The third-order valence-electron chi connectivity index (χ3n) is 7.71. The second-order valence-electron chi connectivity index (χ2n) is 11.0. The molecule has 0 bridgehead atoms. The standard InChI is InChI=1S/C36H41N3O5S/c1-5-28(3)37-36(41)33(24-29-14-8-6-9-15-29)38(25-30-22-20-27(2)21-23-30)35(40)26-39(32-18-12-13-19-34(32)44-4)45(42,43)31-16-10-7-11-17-31/h6-23,28,33H,5,24-26H2,1-4H3,(H,37,41)/t28-,33+/m0/s1. The molecule has 0 aliphatic rings. The topological polar surface area (TPSA) is 96.0 Å². The maximum atomic E-state index is 14.6. The number of carbonyl (C=O) groups is 2. The van der Waals surface area contributed by atoms with Crippen molar-refractivity contribution < 1.29 is 22.7 Å². The molecule has 0 saturated heterocycles. The minimum Gasteiger partial charge on any atom is -0.495 e. The van der Waals surface area contributed by atoms with Crippen LogP contribution < -0.4 is 14.4 Å². The van der Waals surface area contributed by atoms with Crippen molar-refractivity contribution in [2.45, 2.75) is 57.1 Å². The van der Waals surface area contributed by atoms with Crippen molar-refractivity contribution in [3.05, 3.63) is 126 Å². The van der Waals surface area contributed by atoms with E-state index in [1.165, 1.54) is 24.1 Å². The molecule has 9 heteroatoms. The van der Waals surface area contributed by atoms with E-state index in [-0.39, 0.29) is 35.5 Å². The highest BCUT2D eigenvalue weighted by molar-refractivity contribution is 7.92. The second-order valence-corrected chi connectivity index (χ2v) is 12.9. The maximum Gasteiger partial charge on any atom is 0.264 e. The smallest absolute Gasteiger partial charge is 0.264 e. The highest BCUT2D eigenvalue weighted by Gasteiger charge is 2.35. The molecule has 0 aromatic heterocycles. The molecule has 4 aromatic rings. The van der Waals surface area contributed by atoms with Crippen molar-refractivity contribution in [1.29, 1.82) is 0 Å². The van der Waals surface area contributed by atoms with Crippen LogP contribution in [0.4, 0.5) is 5.69 Å². The van der Waals surface area contributed by atoms with Crippen LogP contribution in [0.2, 0.25) is 0 Å². The fraction of sp³-hybridized carbons (Fsp3) is 0.278. The lowest BCUT2D eigenvalue weighted by Crippen LogP contribution is -2.54. The zero-order valence-corrected chi connectivity index (χ0v) is 27.0. The first kappa shape index (κ1) is 33.3. The van der Waals surface area contributed by atoms with Crippen LogP contribution in [-0.2, 0) is 32.6 Å². The number of amides is 2. The van der Waals surface area contributed by atoms with E-state index in [1.54, 1.807) is 42.5 Å². The van der Waals surface area contributed by atoms with E-state index in [0.717, 1.165) is 21.0 Å². The van der Waals surface area contributed by atoms with Crippen LogP contribution in [0.25, 0.3) is 0 Å². The first-order chi connectivity index (χ1) is 21.6. The predicted molar refractivity (Wildman–Crippen MR) is 178 cm³/mol. The predicted octanol–water partition coefficient (Wildman–Crippen LogP) is 5.75. The van der Waals surface area contributed by atoms with Gasteiger partial charge < -0.3 is 15.0 Å². The molecule has 0 aliphatic heterocycles. The molecule has 2 amide bonds. The fourth-order valence-corrected chi connectivity index (χ4v) is 6.40. The third-order valence-corrected chi connectivity index (χ3v) is 9.48. The Labute approximate surface area is 266 Å². The number of sulfonamides is 1. The minimum atomic E-state index is -4.22. The lowest BCUT2D eigenvalue weighted by Gasteiger charge is -2.34. The lowest BCUT2D eigenvalue weighted by molar-refractivity contribution is -0.140. The molecule has 0 spiro atoms. The van der Waals surface area contributed by atoms with Crippen LogP contribution in [0.1, 0.15) is 37.0 Å². The number of nitrogens with one attached hydrogen (secondary N) is 1. The SMILES string of the molecule is CC[C@H](C)NC(=O)[C@@H](Cc1ccccc1)N(Cc1ccc(C)cc1)C(=O)CN(c1ccccc1OC)S(=O)(=O)c1ccccc1. The molecule has 236 valence electrons. The number of ether oxygens (including phenoxy) is 1. The number of rotatable bonds is 14. The van der Waals surface area contributed by atoms with Gasteiger partial charge in [0.15, 0.2) is 0 Å². The average molecular weight is 628 g/mol. The zero-order valence-electron chi connectivity index (χ0n) is 26.2. The van der Waals surface area contributed by atoms with Crippen LogP contribution in [0.5, 0.6) is 5.75 Å². The van der Waals surface area contributed by atoms with Crippen LogP contribution in [0, 0.1) is 6.92 Å². The zero-order chi connectivity index (χ0) is 32.4. The summed E-state index contributed by atoms with van der Waals surface area (Å²) in [5, 5.41) is 3.05. The molecule has 4 rings (SSSR count). The molecule has 0 heterocycles. The number of methoxy groups -OCH3 is 1. The van der Waals surface area contributed by atoms with Gasteiger partial charge in [-0.1, -0.05) is 97.4 Å². The van der Waals surface area contributed by atoms with Crippen molar-refractivity contribution in [2.24, 2.45) is 0 Å². The summed E-state index contributed by atoms with van der Waals surface area (Å²) in [6, 6.07) is 30.9. The summed E-state index contributed by atoms with van der Waals surface area (Å²) in [5.41, 5.74) is 2.97. The minimum absolute atomic E-state index is 0.0316. The highest BCUT2D eigenvalue weighted by atomic mass is 32.2. The lowest BCUT2D eigenvalue weighted by atomic mass is 10.0. The quantitative estimate of drug-likeness (QED) is 0.192. The van der Waals surface area contributed by atoms with Gasteiger partial charge in [-0.25, -0.2) is 8.42 Å². The van der Waals surface area contributed by atoms with E-state index >= 15 is 0 Å². The van der Waals surface area contributed by atoms with Gasteiger partial charge in [-0.3, -0.25) is 13.9 Å². The Morgan fingerprint density at radius 2 is 1.42 bits per heavy atom. The Morgan fingerprint density at radius 1 is 0.822 bits per heavy atom. The molecular formula is C36H41N3O5S. The first-order valence-electron chi connectivity index (χ1n) is 15.0. The third kappa shape index (κ3) is 8.51. The Morgan fingerprint density at radius 3 is 2.04 bits per heavy atom. The van der Waals surface area contributed by atoms with Gasteiger partial charge in [-0.05, 0) is 55.7 Å². The van der Waals surface area contributed by atoms with Crippen LogP contribution >= 0.6 is 0 Å². The van der Waals surface area contributed by atoms with E-state index in [9.17, 15) is 18.0 Å². The van der Waals surface area contributed by atoms with Gasteiger partial charge in [0.05, 0.1) is 17.7 Å². The monoisotopic (exact) mass is 627 g/mol. The molecule has 45 heavy (non-hydrogen) atoms. The Kier molecular flexibility index (Phi) is 11.4. The van der Waals surface area contributed by atoms with Gasteiger partial charge in [0.2, 0.25) is 11.8 Å². The molecular weight excluding hydrogens is 586 g/mol. The van der Waals surface area contributed by atoms with E-state index in [2.05, 4.69) is 5.32 Å². The van der Waals surface area contributed by atoms with Gasteiger partial charge in [-0.15, -0.1) is 0 Å². The summed E-state index contributed by atoms with van der Waals surface area (Å²) in [4.78, 5) is 30.0. The van der Waals surface area contributed by atoms with Gasteiger partial charge in [-0.2, -0.15) is 0 Å². The van der Waals surface area contributed by atoms with Crippen LogP contribution in [0.15, 0.2) is 114 Å². The summed E-state index contributed by atoms with van der Waals surface area (Å²) < 4.78 is 34.9. The molecule has 2 atom stereocenters. The van der Waals surface area contributed by atoms with Crippen LogP contribution in [0.3, 0.4) is 0 Å². The van der Waals surface area contributed by atoms with Gasteiger partial charge in [0, 0.05) is 19.0 Å². The molecule has 0 radical (unpaired) electrons. The van der Waals surface area contributed by atoms with Crippen molar-refractivity contribution in [3.8, 4) is 5.75 Å². The fourth-order valence-electron chi connectivity index (χ4n) is 4.95. The number of benzene rings is 4. The summed E-state index contributed by atoms with van der Waals surface area (Å²) in [5.74, 6) is -0.533. The Balaban J connectivity index is 1.82. The van der Waals surface area contributed by atoms with Crippen molar-refractivity contribution in [3.63, 3.8) is 0 Å². The number of para-hydroxylation sites is 2. The molecule has 1 N–H and O–H groups in total. The molecule has 0 unspecified atom stereocenters. The Hall–Kier alpha value is -4.63. The van der Waals surface area contributed by atoms with E-state index in [0.29, 0.717) is 12.2 Å². The number of carbonyl (C=O) groups excluding carboxylic acids is 2. The normalized spacial score (nSPS) is 12.5. The molecule has 0 saturated carbocycles. The highest BCUT2D eigenvalue weighted by Crippen LogP contribution is 2.32. The Bertz CT molecular complexity index is 1660. The summed E-state index contributed by atoms with van der Waals surface area (Å²) in [6.07, 6.45) is 0.966. The molecule has 8 nitrogen and oxygen atoms in total. The summed E-state index contributed by atoms with van der Waals surface area (Å²) in [7, 11) is -2.77. The van der Waals surface area contributed by atoms with Gasteiger partial charge in [0.25, 0.3) is 10.0 Å². The van der Waals surface area contributed by atoms with E-state index in [4.69, 9.17) is 4.74 Å². The maximum absolute atomic E-state index is 14.6. The van der Waals surface area contributed by atoms with E-state index < -0.39 is 28.5 Å². The van der Waals surface area contributed by atoms with Gasteiger partial charge in [0.1, 0.15) is 18.3 Å². The van der Waals surface area contributed by atoms with Crippen molar-refractivity contribution in [2.75, 3.05) is 18.0 Å². The number of nitrogens with zero attached hydrogens (tertiary/aromatic N) is 2. The van der Waals surface area contributed by atoms with Crippen molar-refractivity contribution >= 4 is 27.5 Å². The number of anilines is 1. The second kappa shape index (κ2) is 15.4. The largest absolute Gasteiger partial charge is 0.495 e. The first-order valence-corrected chi connectivity index (χ1v) is 16.5. The summed E-state index contributed by atoms with van der Waals surface area (Å²) in [6.45, 7) is 5.43. The molecule has 4 aromatic carbocycles.